The molecule has 0 saturated heterocycles. The second-order valence-electron chi connectivity index (χ2n) is 4.36. The van der Waals surface area contributed by atoms with Crippen LogP contribution in [0.1, 0.15) is 17.4 Å². The molecule has 2 N–H and O–H groups in total. The van der Waals surface area contributed by atoms with Crippen LogP contribution in [0.25, 0.3) is 11.0 Å². The standard InChI is InChI=1S/C15H11ClFNO/c16-11-4-5-13-10(6-11)8-14(19-13)15(18)9-2-1-3-12(17)7-9/h1-8,15H,18H2. The number of benzene rings is 2. The molecule has 3 aromatic rings. The van der Waals surface area contributed by atoms with Crippen molar-refractivity contribution in [1.82, 2.24) is 0 Å². The fourth-order valence-electron chi connectivity index (χ4n) is 2.05. The summed E-state index contributed by atoms with van der Waals surface area (Å²) in [6.07, 6.45) is 0. The van der Waals surface area contributed by atoms with Crippen LogP contribution in [-0.2, 0) is 0 Å². The van der Waals surface area contributed by atoms with E-state index < -0.39 is 6.04 Å². The lowest BCUT2D eigenvalue weighted by molar-refractivity contribution is 0.523. The van der Waals surface area contributed by atoms with Gasteiger partial charge in [-0.25, -0.2) is 4.39 Å². The summed E-state index contributed by atoms with van der Waals surface area (Å²) < 4.78 is 18.9. The Morgan fingerprint density at radius 3 is 2.74 bits per heavy atom. The van der Waals surface area contributed by atoms with E-state index in [0.29, 0.717) is 21.9 Å². The molecule has 0 saturated carbocycles. The molecule has 1 atom stereocenters. The molecule has 0 aliphatic rings. The van der Waals surface area contributed by atoms with Crippen molar-refractivity contribution < 1.29 is 8.81 Å². The quantitative estimate of drug-likeness (QED) is 0.758. The number of halogens is 2. The van der Waals surface area contributed by atoms with Crippen LogP contribution < -0.4 is 5.73 Å². The highest BCUT2D eigenvalue weighted by Gasteiger charge is 2.14. The third kappa shape index (κ3) is 2.35. The molecule has 0 aliphatic heterocycles. The van der Waals surface area contributed by atoms with Crippen molar-refractivity contribution in [3.8, 4) is 0 Å². The van der Waals surface area contributed by atoms with Gasteiger partial charge in [0.15, 0.2) is 0 Å². The van der Waals surface area contributed by atoms with E-state index >= 15 is 0 Å². The van der Waals surface area contributed by atoms with Gasteiger partial charge in [0.1, 0.15) is 17.2 Å². The van der Waals surface area contributed by atoms with Gasteiger partial charge < -0.3 is 10.2 Å². The molecular weight excluding hydrogens is 265 g/mol. The Bertz CT molecular complexity index is 738. The summed E-state index contributed by atoms with van der Waals surface area (Å²) in [6.45, 7) is 0. The van der Waals surface area contributed by atoms with Crippen molar-refractivity contribution in [2.45, 2.75) is 6.04 Å². The van der Waals surface area contributed by atoms with Crippen LogP contribution in [0.4, 0.5) is 4.39 Å². The SMILES string of the molecule is NC(c1cccc(F)c1)c1cc2cc(Cl)ccc2o1. The Balaban J connectivity index is 2.04. The van der Waals surface area contributed by atoms with Crippen LogP contribution in [0.2, 0.25) is 5.02 Å². The lowest BCUT2D eigenvalue weighted by Crippen LogP contribution is -2.10. The van der Waals surface area contributed by atoms with Crippen molar-refractivity contribution in [1.29, 1.82) is 0 Å². The first kappa shape index (κ1) is 12.2. The number of nitrogens with two attached hydrogens (primary N) is 1. The zero-order valence-electron chi connectivity index (χ0n) is 9.94. The second kappa shape index (κ2) is 4.68. The molecule has 1 unspecified atom stereocenters. The van der Waals surface area contributed by atoms with E-state index in [9.17, 15) is 4.39 Å². The van der Waals surface area contributed by atoms with Crippen molar-refractivity contribution >= 4 is 22.6 Å². The summed E-state index contributed by atoms with van der Waals surface area (Å²) in [6, 6.07) is 12.9. The normalized spacial score (nSPS) is 12.8. The van der Waals surface area contributed by atoms with Crippen molar-refractivity contribution in [3.05, 3.63) is 70.7 Å². The maximum atomic E-state index is 13.2. The van der Waals surface area contributed by atoms with Crippen LogP contribution in [0.3, 0.4) is 0 Å². The summed E-state index contributed by atoms with van der Waals surface area (Å²) in [5, 5.41) is 1.52. The molecule has 19 heavy (non-hydrogen) atoms. The second-order valence-corrected chi connectivity index (χ2v) is 4.80. The fraction of sp³-hybridized carbons (Fsp3) is 0.0667. The molecule has 4 heteroatoms. The summed E-state index contributed by atoms with van der Waals surface area (Å²) >= 11 is 5.92. The molecule has 2 nitrogen and oxygen atoms in total. The Morgan fingerprint density at radius 1 is 1.11 bits per heavy atom. The minimum absolute atomic E-state index is 0.313. The highest BCUT2D eigenvalue weighted by atomic mass is 35.5. The largest absolute Gasteiger partial charge is 0.459 e. The molecule has 2 aromatic carbocycles. The van der Waals surface area contributed by atoms with Gasteiger partial charge in [0.05, 0.1) is 6.04 Å². The van der Waals surface area contributed by atoms with Crippen molar-refractivity contribution in [3.63, 3.8) is 0 Å². The van der Waals surface area contributed by atoms with Crippen LogP contribution in [-0.4, -0.2) is 0 Å². The molecular formula is C15H11ClFNO. The van der Waals surface area contributed by atoms with Crippen molar-refractivity contribution in [2.75, 3.05) is 0 Å². The highest BCUT2D eigenvalue weighted by molar-refractivity contribution is 6.31. The third-order valence-electron chi connectivity index (χ3n) is 3.01. The molecule has 0 spiro atoms. The summed E-state index contributed by atoms with van der Waals surface area (Å²) in [5.74, 6) is 0.273. The molecule has 0 bridgehead atoms. The topological polar surface area (TPSA) is 39.2 Å². The first-order valence-electron chi connectivity index (χ1n) is 5.83. The Kier molecular flexibility index (Phi) is 3.01. The molecule has 1 aromatic heterocycles. The number of hydrogen-bond donors (Lipinski definition) is 1. The molecule has 0 radical (unpaired) electrons. The van der Waals surface area contributed by atoms with Crippen LogP contribution in [0.5, 0.6) is 0 Å². The minimum atomic E-state index is -0.498. The molecule has 0 fully saturated rings. The Hall–Kier alpha value is -1.84. The zero-order valence-corrected chi connectivity index (χ0v) is 10.7. The summed E-state index contributed by atoms with van der Waals surface area (Å²) in [7, 11) is 0. The average molecular weight is 276 g/mol. The van der Waals surface area contributed by atoms with E-state index in [1.165, 1.54) is 12.1 Å². The Morgan fingerprint density at radius 2 is 1.95 bits per heavy atom. The molecule has 1 heterocycles. The van der Waals surface area contributed by atoms with Gasteiger partial charge in [0.2, 0.25) is 0 Å². The van der Waals surface area contributed by atoms with E-state index in [-0.39, 0.29) is 5.82 Å². The summed E-state index contributed by atoms with van der Waals surface area (Å²) in [5.41, 5.74) is 7.48. The van der Waals surface area contributed by atoms with E-state index in [0.717, 1.165) is 5.39 Å². The van der Waals surface area contributed by atoms with Gasteiger partial charge in [-0.3, -0.25) is 0 Å². The molecule has 3 rings (SSSR count). The van der Waals surface area contributed by atoms with Crippen LogP contribution >= 0.6 is 11.6 Å². The van der Waals surface area contributed by atoms with Crippen LogP contribution in [0, 0.1) is 5.82 Å². The number of rotatable bonds is 2. The minimum Gasteiger partial charge on any atom is -0.459 e. The first-order chi connectivity index (χ1) is 9.13. The average Bonchev–Trinajstić information content (AvgIpc) is 2.80. The Labute approximate surface area is 114 Å². The van der Waals surface area contributed by atoms with Gasteiger partial charge in [0, 0.05) is 10.4 Å². The fourth-order valence-corrected chi connectivity index (χ4v) is 2.23. The lowest BCUT2D eigenvalue weighted by atomic mass is 10.1. The van der Waals surface area contributed by atoms with E-state index in [1.807, 2.05) is 12.1 Å². The first-order valence-corrected chi connectivity index (χ1v) is 6.21. The van der Waals surface area contributed by atoms with Gasteiger partial charge in [0.25, 0.3) is 0 Å². The third-order valence-corrected chi connectivity index (χ3v) is 3.25. The van der Waals surface area contributed by atoms with Crippen molar-refractivity contribution in [2.24, 2.45) is 5.73 Å². The van der Waals surface area contributed by atoms with E-state index in [2.05, 4.69) is 0 Å². The number of fused-ring (bicyclic) bond motifs is 1. The smallest absolute Gasteiger partial charge is 0.134 e. The van der Waals surface area contributed by atoms with Gasteiger partial charge in [-0.1, -0.05) is 23.7 Å². The maximum absolute atomic E-state index is 13.2. The van der Waals surface area contributed by atoms with Gasteiger partial charge in [-0.15, -0.1) is 0 Å². The lowest BCUT2D eigenvalue weighted by Gasteiger charge is -2.08. The number of furan rings is 1. The van der Waals surface area contributed by atoms with E-state index in [1.54, 1.807) is 24.3 Å². The molecule has 0 amide bonds. The monoisotopic (exact) mass is 275 g/mol. The van der Waals surface area contributed by atoms with E-state index in [4.69, 9.17) is 21.8 Å². The predicted octanol–water partition coefficient (Wildman–Crippen LogP) is 4.27. The van der Waals surface area contributed by atoms with Gasteiger partial charge >= 0.3 is 0 Å². The predicted molar refractivity (Wildman–Crippen MR) is 73.7 cm³/mol. The van der Waals surface area contributed by atoms with Gasteiger partial charge in [-0.05, 0) is 42.0 Å². The number of hydrogen-bond acceptors (Lipinski definition) is 2. The molecule has 0 aliphatic carbocycles. The maximum Gasteiger partial charge on any atom is 0.134 e. The summed E-state index contributed by atoms with van der Waals surface area (Å²) in [4.78, 5) is 0. The highest BCUT2D eigenvalue weighted by Crippen LogP contribution is 2.28. The molecule has 96 valence electrons. The van der Waals surface area contributed by atoms with Gasteiger partial charge in [-0.2, -0.15) is 0 Å². The zero-order chi connectivity index (χ0) is 13.4. The van der Waals surface area contributed by atoms with Crippen LogP contribution in [0.15, 0.2) is 52.9 Å².